The molecule has 5 nitrogen and oxygen atoms in total. The van der Waals surface area contributed by atoms with Crippen molar-refractivity contribution in [3.63, 3.8) is 0 Å². The van der Waals surface area contributed by atoms with E-state index in [0.717, 1.165) is 57.3 Å². The summed E-state index contributed by atoms with van der Waals surface area (Å²) in [6, 6.07) is 0. The lowest BCUT2D eigenvalue weighted by Crippen LogP contribution is -2.36. The van der Waals surface area contributed by atoms with Gasteiger partial charge in [-0.25, -0.2) is 4.98 Å². The van der Waals surface area contributed by atoms with Gasteiger partial charge in [0.2, 0.25) is 5.91 Å². The van der Waals surface area contributed by atoms with Crippen LogP contribution in [0.3, 0.4) is 0 Å². The van der Waals surface area contributed by atoms with Crippen molar-refractivity contribution >= 4 is 17.5 Å². The van der Waals surface area contributed by atoms with Crippen molar-refractivity contribution in [1.29, 1.82) is 0 Å². The monoisotopic (exact) mass is 338 g/mol. The fourth-order valence-electron chi connectivity index (χ4n) is 3.39. The Morgan fingerprint density at radius 3 is 2.78 bits per heavy atom. The van der Waals surface area contributed by atoms with Crippen molar-refractivity contribution in [1.82, 2.24) is 19.4 Å². The second-order valence-corrected chi connectivity index (χ2v) is 7.47. The largest absolute Gasteiger partial charge is 0.341 e. The number of hydrogen-bond donors (Lipinski definition) is 0. The van der Waals surface area contributed by atoms with Gasteiger partial charge in [0.05, 0.1) is 12.7 Å². The van der Waals surface area contributed by atoms with Crippen LogP contribution in [0.25, 0.3) is 0 Å². The first-order chi connectivity index (χ1) is 11.0. The third kappa shape index (κ3) is 4.27. The van der Waals surface area contributed by atoms with Crippen molar-refractivity contribution in [2.75, 3.05) is 26.2 Å². The zero-order chi connectivity index (χ0) is 16.4. The summed E-state index contributed by atoms with van der Waals surface area (Å²) in [6.45, 7) is 6.65. The van der Waals surface area contributed by atoms with E-state index >= 15 is 0 Å². The van der Waals surface area contributed by atoms with Crippen LogP contribution in [0.1, 0.15) is 38.4 Å². The molecule has 1 aliphatic heterocycles. The fraction of sp³-hybridized carbons (Fsp3) is 0.765. The van der Waals surface area contributed by atoms with Crippen molar-refractivity contribution in [2.24, 2.45) is 18.9 Å². The number of amides is 1. The Balaban J connectivity index is 1.50. The molecule has 1 aromatic rings. The van der Waals surface area contributed by atoms with E-state index in [4.69, 9.17) is 11.6 Å². The second kappa shape index (κ2) is 7.22. The Morgan fingerprint density at radius 2 is 2.13 bits per heavy atom. The number of aromatic nitrogens is 2. The SMILES string of the molecule is C[C@@H](CC(=O)N1CCCN(Cc2ncc(Cl)n2C)CC1)C1CC1. The molecule has 1 amide bonds. The average molecular weight is 339 g/mol. The molecule has 0 aromatic carbocycles. The minimum Gasteiger partial charge on any atom is -0.341 e. The van der Waals surface area contributed by atoms with Gasteiger partial charge in [0.1, 0.15) is 11.0 Å². The number of halogens is 1. The van der Waals surface area contributed by atoms with Crippen molar-refractivity contribution in [2.45, 2.75) is 39.2 Å². The first-order valence-electron chi connectivity index (χ1n) is 8.71. The quantitative estimate of drug-likeness (QED) is 0.828. The molecule has 1 aliphatic carbocycles. The molecular formula is C17H27ClN4O. The smallest absolute Gasteiger partial charge is 0.222 e. The summed E-state index contributed by atoms with van der Waals surface area (Å²) in [7, 11) is 1.94. The van der Waals surface area contributed by atoms with Crippen molar-refractivity contribution < 1.29 is 4.79 Å². The highest BCUT2D eigenvalue weighted by Gasteiger charge is 2.30. The summed E-state index contributed by atoms with van der Waals surface area (Å²) in [5.74, 6) is 2.68. The standard InChI is InChI=1S/C17H27ClN4O/c1-13(14-4-5-14)10-17(23)22-7-3-6-21(8-9-22)12-16-19-11-15(18)20(16)2/h11,13-14H,3-10,12H2,1-2H3/t13-/m0/s1. The summed E-state index contributed by atoms with van der Waals surface area (Å²) in [5, 5.41) is 0.667. The van der Waals surface area contributed by atoms with Gasteiger partial charge in [-0.15, -0.1) is 0 Å². The molecule has 2 heterocycles. The minimum atomic E-state index is 0.339. The highest BCUT2D eigenvalue weighted by atomic mass is 35.5. The molecule has 0 radical (unpaired) electrons. The molecule has 2 aliphatic rings. The summed E-state index contributed by atoms with van der Waals surface area (Å²) < 4.78 is 1.92. The number of carbonyl (C=O) groups is 1. The zero-order valence-corrected chi connectivity index (χ0v) is 14.9. The molecule has 0 unspecified atom stereocenters. The maximum absolute atomic E-state index is 12.5. The van der Waals surface area contributed by atoms with Crippen LogP contribution in [0.2, 0.25) is 5.15 Å². The van der Waals surface area contributed by atoms with Gasteiger partial charge in [-0.05, 0) is 31.1 Å². The summed E-state index contributed by atoms with van der Waals surface area (Å²) >= 11 is 6.05. The van der Waals surface area contributed by atoms with E-state index in [9.17, 15) is 4.79 Å². The van der Waals surface area contributed by atoms with Gasteiger partial charge in [0.25, 0.3) is 0 Å². The van der Waals surface area contributed by atoms with E-state index in [0.29, 0.717) is 17.0 Å². The lowest BCUT2D eigenvalue weighted by molar-refractivity contribution is -0.132. The molecular weight excluding hydrogens is 312 g/mol. The summed E-state index contributed by atoms with van der Waals surface area (Å²) in [6.07, 6.45) is 6.08. The number of nitrogens with zero attached hydrogens (tertiary/aromatic N) is 4. The van der Waals surface area contributed by atoms with Gasteiger partial charge < -0.3 is 9.47 Å². The first-order valence-corrected chi connectivity index (χ1v) is 9.08. The molecule has 1 atom stereocenters. The van der Waals surface area contributed by atoms with Gasteiger partial charge in [0.15, 0.2) is 0 Å². The molecule has 1 aromatic heterocycles. The molecule has 6 heteroatoms. The molecule has 128 valence electrons. The van der Waals surface area contributed by atoms with Crippen LogP contribution in [0, 0.1) is 11.8 Å². The molecule has 0 spiro atoms. The van der Waals surface area contributed by atoms with Gasteiger partial charge in [0, 0.05) is 39.6 Å². The van der Waals surface area contributed by atoms with Crippen LogP contribution < -0.4 is 0 Å². The van der Waals surface area contributed by atoms with Crippen LogP contribution in [0.4, 0.5) is 0 Å². The number of rotatable bonds is 5. The third-order valence-corrected chi connectivity index (χ3v) is 5.61. The predicted molar refractivity (Wildman–Crippen MR) is 91.2 cm³/mol. The van der Waals surface area contributed by atoms with Gasteiger partial charge in [-0.3, -0.25) is 9.69 Å². The lowest BCUT2D eigenvalue weighted by atomic mass is 10.0. The highest BCUT2D eigenvalue weighted by molar-refractivity contribution is 6.29. The van der Waals surface area contributed by atoms with Crippen molar-refractivity contribution in [3.05, 3.63) is 17.2 Å². The Kier molecular flexibility index (Phi) is 5.27. The van der Waals surface area contributed by atoms with Gasteiger partial charge in [-0.2, -0.15) is 0 Å². The Morgan fingerprint density at radius 1 is 1.35 bits per heavy atom. The minimum absolute atomic E-state index is 0.339. The Hall–Kier alpha value is -1.07. The molecule has 23 heavy (non-hydrogen) atoms. The maximum atomic E-state index is 12.5. The zero-order valence-electron chi connectivity index (χ0n) is 14.2. The van der Waals surface area contributed by atoms with Crippen LogP contribution in [-0.2, 0) is 18.4 Å². The lowest BCUT2D eigenvalue weighted by Gasteiger charge is -2.23. The molecule has 1 saturated carbocycles. The Bertz CT molecular complexity index is 555. The average Bonchev–Trinajstić information content (AvgIpc) is 3.33. The van der Waals surface area contributed by atoms with Crippen LogP contribution in [0.15, 0.2) is 6.20 Å². The molecule has 2 fully saturated rings. The fourth-order valence-corrected chi connectivity index (χ4v) is 3.53. The summed E-state index contributed by atoms with van der Waals surface area (Å²) in [5.41, 5.74) is 0. The van der Waals surface area contributed by atoms with Crippen LogP contribution in [0.5, 0.6) is 0 Å². The van der Waals surface area contributed by atoms with Crippen LogP contribution in [-0.4, -0.2) is 51.4 Å². The second-order valence-electron chi connectivity index (χ2n) is 7.09. The number of hydrogen-bond acceptors (Lipinski definition) is 3. The topological polar surface area (TPSA) is 41.4 Å². The molecule has 3 rings (SSSR count). The van der Waals surface area contributed by atoms with E-state index in [-0.39, 0.29) is 0 Å². The van der Waals surface area contributed by atoms with Crippen molar-refractivity contribution in [3.8, 4) is 0 Å². The van der Waals surface area contributed by atoms with Crippen LogP contribution >= 0.6 is 11.6 Å². The van der Waals surface area contributed by atoms with E-state index < -0.39 is 0 Å². The number of imidazole rings is 1. The van der Waals surface area contributed by atoms with E-state index in [1.54, 1.807) is 6.20 Å². The molecule has 0 bridgehead atoms. The first kappa shape index (κ1) is 16.8. The van der Waals surface area contributed by atoms with E-state index in [1.807, 2.05) is 11.6 Å². The van der Waals surface area contributed by atoms with Gasteiger partial charge in [-0.1, -0.05) is 18.5 Å². The predicted octanol–water partition coefficient (Wildman–Crippen LogP) is 2.54. The molecule has 1 saturated heterocycles. The normalized spacial score (nSPS) is 21.3. The highest BCUT2D eigenvalue weighted by Crippen LogP contribution is 2.38. The van der Waals surface area contributed by atoms with E-state index in [1.165, 1.54) is 12.8 Å². The summed E-state index contributed by atoms with van der Waals surface area (Å²) in [4.78, 5) is 21.3. The maximum Gasteiger partial charge on any atom is 0.222 e. The van der Waals surface area contributed by atoms with Gasteiger partial charge >= 0.3 is 0 Å². The third-order valence-electron chi connectivity index (χ3n) is 5.26. The van der Waals surface area contributed by atoms with E-state index in [2.05, 4.69) is 21.7 Å². The molecule has 0 N–H and O–H groups in total. The number of carbonyl (C=O) groups excluding carboxylic acids is 1. The Labute approximate surface area is 143 Å².